The summed E-state index contributed by atoms with van der Waals surface area (Å²) in [5, 5.41) is 0. The molecule has 1 aromatic carbocycles. The van der Waals surface area contributed by atoms with Gasteiger partial charge < -0.3 is 5.73 Å². The van der Waals surface area contributed by atoms with Crippen molar-refractivity contribution in [1.29, 1.82) is 0 Å². The van der Waals surface area contributed by atoms with Crippen molar-refractivity contribution < 1.29 is 8.42 Å². The number of aryl methyl sites for hydroxylation is 2. The monoisotopic (exact) mass is 283 g/mol. The minimum absolute atomic E-state index is 0.147. The molecule has 0 aliphatic heterocycles. The lowest BCUT2D eigenvalue weighted by atomic mass is 10.1. The molecule has 4 heteroatoms. The van der Waals surface area contributed by atoms with E-state index < -0.39 is 9.84 Å². The van der Waals surface area contributed by atoms with Crippen molar-refractivity contribution in [2.75, 3.05) is 5.75 Å². The Balaban J connectivity index is 2.54. The molecule has 0 saturated heterocycles. The second-order valence-corrected chi connectivity index (χ2v) is 7.75. The van der Waals surface area contributed by atoms with Gasteiger partial charge in [-0.15, -0.1) is 0 Å². The molecule has 3 nitrogen and oxygen atoms in total. The van der Waals surface area contributed by atoms with Gasteiger partial charge in [0.2, 0.25) is 0 Å². The van der Waals surface area contributed by atoms with Gasteiger partial charge in [-0.05, 0) is 39.2 Å². The molecular weight excluding hydrogens is 258 g/mol. The number of benzene rings is 1. The Morgan fingerprint density at radius 3 is 2.21 bits per heavy atom. The zero-order chi connectivity index (χ0) is 14.5. The van der Waals surface area contributed by atoms with Crippen molar-refractivity contribution >= 4 is 9.84 Å². The molecule has 0 heterocycles. The highest BCUT2D eigenvalue weighted by molar-refractivity contribution is 7.90. The van der Waals surface area contributed by atoms with Crippen molar-refractivity contribution in [1.82, 2.24) is 0 Å². The maximum Gasteiger partial charge on any atom is 0.154 e. The van der Waals surface area contributed by atoms with Gasteiger partial charge in [0.25, 0.3) is 0 Å². The molecule has 0 aromatic heterocycles. The zero-order valence-electron chi connectivity index (χ0n) is 12.1. The van der Waals surface area contributed by atoms with Crippen LogP contribution in [0.15, 0.2) is 18.2 Å². The number of nitrogens with two attached hydrogens (primary N) is 1. The number of unbranched alkanes of at least 4 members (excludes halogenated alkanes) is 1. The van der Waals surface area contributed by atoms with Crippen LogP contribution in [0, 0.1) is 13.8 Å². The predicted molar refractivity (Wildman–Crippen MR) is 80.9 cm³/mol. The fourth-order valence-electron chi connectivity index (χ4n) is 2.27. The van der Waals surface area contributed by atoms with E-state index in [9.17, 15) is 8.42 Å². The van der Waals surface area contributed by atoms with Crippen molar-refractivity contribution in [3.05, 3.63) is 34.9 Å². The SMILES string of the molecule is Cc1cc(C)cc(CS(=O)(=O)CCCCC(C)N)c1. The maximum absolute atomic E-state index is 12.0. The van der Waals surface area contributed by atoms with E-state index in [1.54, 1.807) is 0 Å². The molecule has 0 amide bonds. The van der Waals surface area contributed by atoms with Crippen molar-refractivity contribution in [2.45, 2.75) is 51.8 Å². The Morgan fingerprint density at radius 1 is 1.11 bits per heavy atom. The first-order chi connectivity index (χ1) is 8.78. The smallest absolute Gasteiger partial charge is 0.154 e. The largest absolute Gasteiger partial charge is 0.328 e. The molecule has 1 rings (SSSR count). The molecule has 108 valence electrons. The highest BCUT2D eigenvalue weighted by atomic mass is 32.2. The van der Waals surface area contributed by atoms with Crippen LogP contribution in [0.1, 0.15) is 42.9 Å². The van der Waals surface area contributed by atoms with Gasteiger partial charge in [0.05, 0.1) is 11.5 Å². The lowest BCUT2D eigenvalue weighted by molar-refractivity contribution is 0.579. The molecule has 0 saturated carbocycles. The van der Waals surface area contributed by atoms with Crippen molar-refractivity contribution in [3.63, 3.8) is 0 Å². The Bertz CT molecular complexity index is 487. The van der Waals surface area contributed by atoms with Gasteiger partial charge in [0.15, 0.2) is 9.84 Å². The van der Waals surface area contributed by atoms with E-state index in [0.717, 1.165) is 29.5 Å². The molecule has 1 aromatic rings. The van der Waals surface area contributed by atoms with Crippen LogP contribution in [-0.2, 0) is 15.6 Å². The van der Waals surface area contributed by atoms with Crippen LogP contribution in [0.2, 0.25) is 0 Å². The first kappa shape index (κ1) is 16.2. The third-order valence-corrected chi connectivity index (χ3v) is 4.72. The van der Waals surface area contributed by atoms with Crippen LogP contribution in [0.3, 0.4) is 0 Å². The molecular formula is C15H25NO2S. The molecule has 19 heavy (non-hydrogen) atoms. The van der Waals surface area contributed by atoms with E-state index in [-0.39, 0.29) is 17.5 Å². The van der Waals surface area contributed by atoms with E-state index in [0.29, 0.717) is 6.42 Å². The van der Waals surface area contributed by atoms with Crippen LogP contribution in [0.5, 0.6) is 0 Å². The highest BCUT2D eigenvalue weighted by Gasteiger charge is 2.12. The lowest BCUT2D eigenvalue weighted by Gasteiger charge is -2.08. The van der Waals surface area contributed by atoms with Gasteiger partial charge in [0, 0.05) is 6.04 Å². The summed E-state index contributed by atoms with van der Waals surface area (Å²) in [5.41, 5.74) is 8.77. The summed E-state index contributed by atoms with van der Waals surface area (Å²) in [4.78, 5) is 0. The molecule has 0 fully saturated rings. The Hall–Kier alpha value is -0.870. The Morgan fingerprint density at radius 2 is 1.68 bits per heavy atom. The van der Waals surface area contributed by atoms with E-state index in [1.165, 1.54) is 0 Å². The molecule has 0 radical (unpaired) electrons. The molecule has 0 aliphatic rings. The minimum Gasteiger partial charge on any atom is -0.328 e. The van der Waals surface area contributed by atoms with E-state index in [4.69, 9.17) is 5.73 Å². The molecule has 2 N–H and O–H groups in total. The average molecular weight is 283 g/mol. The van der Waals surface area contributed by atoms with Gasteiger partial charge in [-0.25, -0.2) is 8.42 Å². The first-order valence-electron chi connectivity index (χ1n) is 6.82. The highest BCUT2D eigenvalue weighted by Crippen LogP contribution is 2.13. The molecule has 0 spiro atoms. The lowest BCUT2D eigenvalue weighted by Crippen LogP contribution is -2.15. The molecule has 1 unspecified atom stereocenters. The normalized spacial score (nSPS) is 13.5. The van der Waals surface area contributed by atoms with E-state index in [1.807, 2.05) is 32.9 Å². The molecule has 0 aliphatic carbocycles. The van der Waals surface area contributed by atoms with Crippen molar-refractivity contribution in [3.8, 4) is 0 Å². The zero-order valence-corrected chi connectivity index (χ0v) is 13.0. The number of sulfone groups is 1. The third kappa shape index (κ3) is 6.73. The van der Waals surface area contributed by atoms with Crippen LogP contribution < -0.4 is 5.73 Å². The number of hydrogen-bond donors (Lipinski definition) is 1. The quantitative estimate of drug-likeness (QED) is 0.783. The predicted octanol–water partition coefficient (Wildman–Crippen LogP) is 2.74. The second kappa shape index (κ2) is 7.06. The van der Waals surface area contributed by atoms with Gasteiger partial charge in [-0.3, -0.25) is 0 Å². The third-order valence-electron chi connectivity index (χ3n) is 3.03. The summed E-state index contributed by atoms with van der Waals surface area (Å²) >= 11 is 0. The van der Waals surface area contributed by atoms with Gasteiger partial charge in [0.1, 0.15) is 0 Å². The Labute approximate surface area is 117 Å². The first-order valence-corrected chi connectivity index (χ1v) is 8.64. The number of hydrogen-bond acceptors (Lipinski definition) is 3. The van der Waals surface area contributed by atoms with Crippen molar-refractivity contribution in [2.24, 2.45) is 5.73 Å². The van der Waals surface area contributed by atoms with E-state index >= 15 is 0 Å². The Kier molecular flexibility index (Phi) is 6.01. The topological polar surface area (TPSA) is 60.2 Å². The fraction of sp³-hybridized carbons (Fsp3) is 0.600. The summed E-state index contributed by atoms with van der Waals surface area (Å²) in [5.74, 6) is 0.403. The van der Waals surface area contributed by atoms with Crippen LogP contribution in [-0.4, -0.2) is 20.2 Å². The standard InChI is InChI=1S/C15H25NO2S/c1-12-8-13(2)10-15(9-12)11-19(17,18)7-5-4-6-14(3)16/h8-10,14H,4-7,11,16H2,1-3H3. The molecule has 0 bridgehead atoms. The summed E-state index contributed by atoms with van der Waals surface area (Å²) in [7, 11) is -3.01. The average Bonchev–Trinajstić information content (AvgIpc) is 2.22. The fourth-order valence-corrected chi connectivity index (χ4v) is 3.73. The van der Waals surface area contributed by atoms with Crippen LogP contribution in [0.25, 0.3) is 0 Å². The van der Waals surface area contributed by atoms with Gasteiger partial charge >= 0.3 is 0 Å². The summed E-state index contributed by atoms with van der Waals surface area (Å²) in [6.07, 6.45) is 2.47. The van der Waals surface area contributed by atoms with Crippen LogP contribution >= 0.6 is 0 Å². The molecule has 1 atom stereocenters. The summed E-state index contributed by atoms with van der Waals surface area (Å²) < 4.78 is 24.1. The van der Waals surface area contributed by atoms with Crippen LogP contribution in [0.4, 0.5) is 0 Å². The second-order valence-electron chi connectivity index (χ2n) is 5.56. The summed E-state index contributed by atoms with van der Waals surface area (Å²) in [6.45, 7) is 5.93. The summed E-state index contributed by atoms with van der Waals surface area (Å²) in [6, 6.07) is 6.11. The minimum atomic E-state index is -3.01. The van der Waals surface area contributed by atoms with Gasteiger partial charge in [-0.1, -0.05) is 35.7 Å². The van der Waals surface area contributed by atoms with Gasteiger partial charge in [-0.2, -0.15) is 0 Å². The maximum atomic E-state index is 12.0. The number of rotatable bonds is 7. The van der Waals surface area contributed by atoms with E-state index in [2.05, 4.69) is 6.07 Å².